The van der Waals surface area contributed by atoms with E-state index >= 15 is 0 Å². The molecule has 35 heavy (non-hydrogen) atoms. The lowest BCUT2D eigenvalue weighted by Crippen LogP contribution is -2.20. The van der Waals surface area contributed by atoms with Gasteiger partial charge >= 0.3 is 0 Å². The molecular formula is C28H20BrFN2O3. The molecule has 0 aliphatic rings. The van der Waals surface area contributed by atoms with Crippen molar-refractivity contribution >= 4 is 49.9 Å². The average Bonchev–Trinajstić information content (AvgIpc) is 2.88. The number of ether oxygens (including phenoxy) is 2. The van der Waals surface area contributed by atoms with Gasteiger partial charge in [0, 0.05) is 10.2 Å². The minimum atomic E-state index is -0.401. The third kappa shape index (κ3) is 5.86. The van der Waals surface area contributed by atoms with E-state index in [1.54, 1.807) is 18.2 Å². The van der Waals surface area contributed by atoms with E-state index in [1.807, 2.05) is 42.5 Å². The molecular weight excluding hydrogens is 511 g/mol. The van der Waals surface area contributed by atoms with Gasteiger partial charge in [0.1, 0.15) is 5.82 Å². The molecule has 7 heteroatoms. The van der Waals surface area contributed by atoms with Gasteiger partial charge in [-0.2, -0.15) is 5.26 Å². The number of hydrogen-bond donors (Lipinski definition) is 1. The molecule has 0 aliphatic heterocycles. The van der Waals surface area contributed by atoms with E-state index in [0.717, 1.165) is 21.9 Å². The summed E-state index contributed by atoms with van der Waals surface area (Å²) in [6, 6.07) is 25.0. The number of nitrogens with zero attached hydrogens (tertiary/aromatic N) is 1. The second-order valence-corrected chi connectivity index (χ2v) is 8.45. The van der Waals surface area contributed by atoms with Crippen LogP contribution in [0.5, 0.6) is 11.5 Å². The summed E-state index contributed by atoms with van der Waals surface area (Å²) < 4.78 is 24.8. The zero-order valence-electron chi connectivity index (χ0n) is 18.7. The molecule has 0 aliphatic carbocycles. The number of fused-ring (bicyclic) bond motifs is 1. The molecule has 0 spiro atoms. The van der Waals surface area contributed by atoms with Crippen LogP contribution in [-0.2, 0) is 4.79 Å². The van der Waals surface area contributed by atoms with Crippen molar-refractivity contribution in [2.75, 3.05) is 19.0 Å². The van der Waals surface area contributed by atoms with Gasteiger partial charge in [0.05, 0.1) is 18.8 Å². The first-order chi connectivity index (χ1) is 17.0. The van der Waals surface area contributed by atoms with Crippen molar-refractivity contribution in [2.45, 2.75) is 0 Å². The van der Waals surface area contributed by atoms with Gasteiger partial charge in [-0.05, 0) is 70.4 Å². The van der Waals surface area contributed by atoms with Gasteiger partial charge in [-0.25, -0.2) is 4.39 Å². The minimum Gasteiger partial charge on any atom is -0.493 e. The second kappa shape index (κ2) is 10.9. The fourth-order valence-corrected chi connectivity index (χ4v) is 3.94. The van der Waals surface area contributed by atoms with Crippen LogP contribution < -0.4 is 14.8 Å². The van der Waals surface area contributed by atoms with E-state index < -0.39 is 5.91 Å². The van der Waals surface area contributed by atoms with Gasteiger partial charge in [-0.1, -0.05) is 52.3 Å². The number of halogens is 2. The number of benzene rings is 4. The van der Waals surface area contributed by atoms with Crippen LogP contribution in [0.25, 0.3) is 22.4 Å². The summed E-state index contributed by atoms with van der Waals surface area (Å²) in [6.45, 7) is -0.268. The Kier molecular flexibility index (Phi) is 7.44. The van der Waals surface area contributed by atoms with E-state index in [2.05, 4.69) is 27.3 Å². The van der Waals surface area contributed by atoms with Crippen LogP contribution >= 0.6 is 15.9 Å². The molecule has 0 radical (unpaired) electrons. The molecule has 174 valence electrons. The highest BCUT2D eigenvalue weighted by molar-refractivity contribution is 9.10. The van der Waals surface area contributed by atoms with Gasteiger partial charge in [0.15, 0.2) is 18.1 Å². The first kappa shape index (κ1) is 24.0. The maximum Gasteiger partial charge on any atom is 0.262 e. The highest BCUT2D eigenvalue weighted by atomic mass is 79.9. The monoisotopic (exact) mass is 530 g/mol. The largest absolute Gasteiger partial charge is 0.493 e. The first-order valence-corrected chi connectivity index (χ1v) is 11.4. The van der Waals surface area contributed by atoms with Gasteiger partial charge < -0.3 is 14.8 Å². The maximum atomic E-state index is 13.0. The molecule has 0 bridgehead atoms. The van der Waals surface area contributed by atoms with Crippen molar-refractivity contribution in [3.8, 4) is 17.6 Å². The standard InChI is InChI=1S/C28H20BrFN2O3/c1-34-26-14-21(13-22(16-31)20-7-6-18-4-2-3-5-19(18)12-20)25(29)15-27(26)35-17-28(33)32-24-10-8-23(30)9-11-24/h2-15H,17H2,1H3,(H,32,33)/b22-13-. The fraction of sp³-hybridized carbons (Fsp3) is 0.0714. The molecule has 1 amide bonds. The molecule has 4 aromatic carbocycles. The number of carbonyl (C=O) groups is 1. The number of nitrogens with one attached hydrogen (secondary N) is 1. The third-order valence-corrected chi connectivity index (χ3v) is 5.94. The van der Waals surface area contributed by atoms with Crippen LogP contribution in [-0.4, -0.2) is 19.6 Å². The van der Waals surface area contributed by atoms with E-state index in [-0.39, 0.29) is 12.4 Å². The number of methoxy groups -OCH3 is 1. The highest BCUT2D eigenvalue weighted by Gasteiger charge is 2.13. The Morgan fingerprint density at radius 3 is 2.49 bits per heavy atom. The van der Waals surface area contributed by atoms with Crippen LogP contribution in [0.1, 0.15) is 11.1 Å². The second-order valence-electron chi connectivity index (χ2n) is 7.60. The number of nitriles is 1. The number of amides is 1. The lowest BCUT2D eigenvalue weighted by atomic mass is 10.00. The molecule has 0 fully saturated rings. The van der Waals surface area contributed by atoms with Crippen LogP contribution in [0.2, 0.25) is 0 Å². The molecule has 0 saturated carbocycles. The molecule has 0 unspecified atom stereocenters. The van der Waals surface area contributed by atoms with Crippen molar-refractivity contribution in [3.05, 3.63) is 100 Å². The Morgan fingerprint density at radius 2 is 1.77 bits per heavy atom. The third-order valence-electron chi connectivity index (χ3n) is 5.25. The van der Waals surface area contributed by atoms with Gasteiger partial charge in [0.2, 0.25) is 0 Å². The van der Waals surface area contributed by atoms with Crippen molar-refractivity contribution < 1.29 is 18.7 Å². The minimum absolute atomic E-state index is 0.268. The average molecular weight is 531 g/mol. The van der Waals surface area contributed by atoms with Gasteiger partial charge in [-0.3, -0.25) is 4.79 Å². The summed E-state index contributed by atoms with van der Waals surface area (Å²) >= 11 is 3.52. The Labute approximate surface area is 210 Å². The maximum absolute atomic E-state index is 13.0. The topological polar surface area (TPSA) is 71.3 Å². The zero-order chi connectivity index (χ0) is 24.8. The van der Waals surface area contributed by atoms with Crippen LogP contribution in [0, 0.1) is 17.1 Å². The van der Waals surface area contributed by atoms with E-state index in [4.69, 9.17) is 9.47 Å². The summed E-state index contributed by atoms with van der Waals surface area (Å²) in [7, 11) is 1.50. The van der Waals surface area contributed by atoms with E-state index in [0.29, 0.717) is 27.2 Å². The Hall–Kier alpha value is -4.15. The summed E-state index contributed by atoms with van der Waals surface area (Å²) in [5.41, 5.74) is 2.47. The molecule has 4 aromatic rings. The fourth-order valence-electron chi connectivity index (χ4n) is 3.50. The van der Waals surface area contributed by atoms with Crippen molar-refractivity contribution in [2.24, 2.45) is 0 Å². The number of hydrogen-bond acceptors (Lipinski definition) is 4. The Morgan fingerprint density at radius 1 is 1.03 bits per heavy atom. The number of anilines is 1. The van der Waals surface area contributed by atoms with Crippen LogP contribution in [0.4, 0.5) is 10.1 Å². The molecule has 5 nitrogen and oxygen atoms in total. The summed E-state index contributed by atoms with van der Waals surface area (Å²) in [5, 5.41) is 14.6. The predicted molar refractivity (Wildman–Crippen MR) is 139 cm³/mol. The quantitative estimate of drug-likeness (QED) is 0.210. The summed E-state index contributed by atoms with van der Waals surface area (Å²) in [4.78, 5) is 12.2. The summed E-state index contributed by atoms with van der Waals surface area (Å²) in [5.74, 6) is -0.0233. The Balaban J connectivity index is 1.54. The molecule has 0 saturated heterocycles. The molecule has 0 heterocycles. The number of allylic oxidation sites excluding steroid dienone is 1. The SMILES string of the molecule is COc1cc(/C=C(/C#N)c2ccc3ccccc3c2)c(Br)cc1OCC(=O)Nc1ccc(F)cc1. The lowest BCUT2D eigenvalue weighted by molar-refractivity contribution is -0.118. The van der Waals surface area contributed by atoms with Crippen molar-refractivity contribution in [3.63, 3.8) is 0 Å². The van der Waals surface area contributed by atoms with Crippen molar-refractivity contribution in [1.82, 2.24) is 0 Å². The normalized spacial score (nSPS) is 11.1. The van der Waals surface area contributed by atoms with Crippen LogP contribution in [0.3, 0.4) is 0 Å². The number of rotatable bonds is 7. The summed E-state index contributed by atoms with van der Waals surface area (Å²) in [6.07, 6.45) is 1.77. The van der Waals surface area contributed by atoms with Gasteiger partial charge in [-0.15, -0.1) is 0 Å². The molecule has 0 aromatic heterocycles. The zero-order valence-corrected chi connectivity index (χ0v) is 20.3. The first-order valence-electron chi connectivity index (χ1n) is 10.6. The van der Waals surface area contributed by atoms with E-state index in [9.17, 15) is 14.4 Å². The van der Waals surface area contributed by atoms with Crippen LogP contribution in [0.15, 0.2) is 83.3 Å². The van der Waals surface area contributed by atoms with Crippen molar-refractivity contribution in [1.29, 1.82) is 5.26 Å². The molecule has 1 N–H and O–H groups in total. The number of carbonyl (C=O) groups excluding carboxylic acids is 1. The smallest absolute Gasteiger partial charge is 0.262 e. The Bertz CT molecular complexity index is 1460. The highest BCUT2D eigenvalue weighted by Crippen LogP contribution is 2.35. The molecule has 0 atom stereocenters. The lowest BCUT2D eigenvalue weighted by Gasteiger charge is -2.13. The van der Waals surface area contributed by atoms with E-state index in [1.165, 1.54) is 31.4 Å². The molecule has 4 rings (SSSR count). The predicted octanol–water partition coefficient (Wildman–Crippen LogP) is 6.83. The van der Waals surface area contributed by atoms with Gasteiger partial charge in [0.25, 0.3) is 5.91 Å².